The minimum absolute atomic E-state index is 0.0196. The first-order chi connectivity index (χ1) is 16.6. The van der Waals surface area contributed by atoms with E-state index in [9.17, 15) is 19.3 Å². The normalized spacial score (nSPS) is 12.8. The van der Waals surface area contributed by atoms with E-state index in [0.717, 1.165) is 12.1 Å². The highest BCUT2D eigenvalue weighted by Gasteiger charge is 2.25. The fourth-order valence-electron chi connectivity index (χ4n) is 3.25. The molecule has 0 saturated heterocycles. The lowest BCUT2D eigenvalue weighted by Crippen LogP contribution is -2.23. The van der Waals surface area contributed by atoms with E-state index >= 15 is 0 Å². The number of hydrogen-bond donors (Lipinski definition) is 1. The molecule has 1 heterocycles. The molecule has 0 aliphatic rings. The lowest BCUT2D eigenvalue weighted by molar-refractivity contribution is -0.387. The van der Waals surface area contributed by atoms with Gasteiger partial charge in [0.05, 0.1) is 17.3 Å². The number of thioether (sulfide) groups is 1. The van der Waals surface area contributed by atoms with Crippen LogP contribution >= 0.6 is 11.8 Å². The van der Waals surface area contributed by atoms with Crippen LogP contribution in [0.25, 0.3) is 0 Å². The topological polar surface area (TPSA) is 121 Å². The van der Waals surface area contributed by atoms with E-state index in [-0.39, 0.29) is 11.7 Å². The van der Waals surface area contributed by atoms with Crippen molar-refractivity contribution in [3.8, 4) is 11.5 Å². The zero-order valence-corrected chi connectivity index (χ0v) is 20.7. The largest absolute Gasteiger partial charge is 0.497 e. The SMILES string of the molecule is COc1cccc(OC(C)c2nnc(SC(C)C(=O)Nc3ccc(F)c([N+](=O)[O-])c3)n2C(C)C)c1. The number of nitro benzene ring substituents is 1. The van der Waals surface area contributed by atoms with Crippen molar-refractivity contribution in [1.29, 1.82) is 0 Å². The Morgan fingerprint density at radius 3 is 2.51 bits per heavy atom. The molecule has 2 atom stereocenters. The number of hydrogen-bond acceptors (Lipinski definition) is 8. The van der Waals surface area contributed by atoms with E-state index in [4.69, 9.17) is 9.47 Å². The van der Waals surface area contributed by atoms with Crippen molar-refractivity contribution < 1.29 is 23.6 Å². The first kappa shape index (κ1) is 25.9. The minimum Gasteiger partial charge on any atom is -0.497 e. The van der Waals surface area contributed by atoms with Gasteiger partial charge >= 0.3 is 5.69 Å². The van der Waals surface area contributed by atoms with Crippen LogP contribution in [-0.4, -0.2) is 38.0 Å². The Labute approximate surface area is 206 Å². The molecule has 186 valence electrons. The zero-order valence-electron chi connectivity index (χ0n) is 19.9. The van der Waals surface area contributed by atoms with Crippen molar-refractivity contribution in [3.05, 3.63) is 64.2 Å². The van der Waals surface area contributed by atoms with Gasteiger partial charge in [-0.05, 0) is 52.0 Å². The lowest BCUT2D eigenvalue weighted by Gasteiger charge is -2.20. The molecule has 0 aliphatic carbocycles. The average molecular weight is 504 g/mol. The predicted octanol–water partition coefficient (Wildman–Crippen LogP) is 5.17. The van der Waals surface area contributed by atoms with Gasteiger partial charge in [0.2, 0.25) is 11.7 Å². The number of carbonyl (C=O) groups is 1. The van der Waals surface area contributed by atoms with Crippen molar-refractivity contribution in [2.24, 2.45) is 0 Å². The van der Waals surface area contributed by atoms with Crippen LogP contribution < -0.4 is 14.8 Å². The Bertz CT molecular complexity index is 1220. The number of amides is 1. The highest BCUT2D eigenvalue weighted by Crippen LogP contribution is 2.31. The summed E-state index contributed by atoms with van der Waals surface area (Å²) in [5.74, 6) is 0.481. The van der Waals surface area contributed by atoms with Gasteiger partial charge in [0.1, 0.15) is 11.5 Å². The maximum absolute atomic E-state index is 13.6. The second kappa shape index (κ2) is 11.2. The van der Waals surface area contributed by atoms with Crippen LogP contribution in [0.15, 0.2) is 47.6 Å². The van der Waals surface area contributed by atoms with Gasteiger partial charge in [0.15, 0.2) is 17.1 Å². The van der Waals surface area contributed by atoms with E-state index < -0.39 is 33.7 Å². The monoisotopic (exact) mass is 503 g/mol. The Morgan fingerprint density at radius 1 is 1.14 bits per heavy atom. The average Bonchev–Trinajstić information content (AvgIpc) is 3.24. The first-order valence-electron chi connectivity index (χ1n) is 10.8. The first-order valence-corrected chi connectivity index (χ1v) is 11.7. The fraction of sp³-hybridized carbons (Fsp3) is 0.348. The number of aromatic nitrogens is 3. The summed E-state index contributed by atoms with van der Waals surface area (Å²) in [5.41, 5.74) is -0.584. The quantitative estimate of drug-likeness (QED) is 0.228. The molecule has 12 heteroatoms. The number of ether oxygens (including phenoxy) is 2. The molecular weight excluding hydrogens is 477 g/mol. The molecule has 0 spiro atoms. The summed E-state index contributed by atoms with van der Waals surface area (Å²) in [5, 5.41) is 22.0. The van der Waals surface area contributed by atoms with Gasteiger partial charge < -0.3 is 19.4 Å². The van der Waals surface area contributed by atoms with Gasteiger partial charge in [0.25, 0.3) is 0 Å². The van der Waals surface area contributed by atoms with Crippen LogP contribution in [0.3, 0.4) is 0 Å². The van der Waals surface area contributed by atoms with Crippen LogP contribution in [0.4, 0.5) is 15.8 Å². The number of rotatable bonds is 10. The van der Waals surface area contributed by atoms with Gasteiger partial charge in [-0.15, -0.1) is 10.2 Å². The van der Waals surface area contributed by atoms with Crippen LogP contribution in [0.1, 0.15) is 45.7 Å². The summed E-state index contributed by atoms with van der Waals surface area (Å²) in [7, 11) is 1.58. The van der Waals surface area contributed by atoms with E-state index in [1.807, 2.05) is 43.5 Å². The fourth-order valence-corrected chi connectivity index (χ4v) is 4.24. The van der Waals surface area contributed by atoms with Gasteiger partial charge in [-0.25, -0.2) is 0 Å². The summed E-state index contributed by atoms with van der Waals surface area (Å²) >= 11 is 1.18. The van der Waals surface area contributed by atoms with Gasteiger partial charge in [-0.3, -0.25) is 14.9 Å². The van der Waals surface area contributed by atoms with Crippen LogP contribution in [0.2, 0.25) is 0 Å². The number of nitrogens with zero attached hydrogens (tertiary/aromatic N) is 4. The summed E-state index contributed by atoms with van der Waals surface area (Å²) in [6, 6.07) is 10.4. The number of methoxy groups -OCH3 is 1. The van der Waals surface area contributed by atoms with Crippen LogP contribution in [0.5, 0.6) is 11.5 Å². The van der Waals surface area contributed by atoms with Gasteiger partial charge in [-0.2, -0.15) is 4.39 Å². The molecule has 2 unspecified atom stereocenters. The molecule has 0 bridgehead atoms. The number of anilines is 1. The molecule has 0 saturated carbocycles. The molecule has 3 aromatic rings. The Morgan fingerprint density at radius 2 is 1.86 bits per heavy atom. The highest BCUT2D eigenvalue weighted by atomic mass is 32.2. The molecule has 1 N–H and O–H groups in total. The van der Waals surface area contributed by atoms with Crippen LogP contribution in [0, 0.1) is 15.9 Å². The molecule has 0 aliphatic heterocycles. The molecule has 1 aromatic heterocycles. The minimum atomic E-state index is -0.974. The Hall–Kier alpha value is -3.67. The number of nitro groups is 1. The highest BCUT2D eigenvalue weighted by molar-refractivity contribution is 8.00. The third kappa shape index (κ3) is 6.27. The molecule has 10 nitrogen and oxygen atoms in total. The molecule has 1 amide bonds. The van der Waals surface area contributed by atoms with Gasteiger partial charge in [0, 0.05) is 23.9 Å². The van der Waals surface area contributed by atoms with E-state index in [2.05, 4.69) is 15.5 Å². The number of carbonyl (C=O) groups excluding carboxylic acids is 1. The molecule has 35 heavy (non-hydrogen) atoms. The maximum atomic E-state index is 13.6. The van der Waals surface area contributed by atoms with Crippen LogP contribution in [-0.2, 0) is 4.79 Å². The van der Waals surface area contributed by atoms with Gasteiger partial charge in [-0.1, -0.05) is 17.8 Å². The number of halogens is 1. The smallest absolute Gasteiger partial charge is 0.306 e. The second-order valence-electron chi connectivity index (χ2n) is 7.92. The zero-order chi connectivity index (χ0) is 25.7. The maximum Gasteiger partial charge on any atom is 0.306 e. The third-order valence-corrected chi connectivity index (χ3v) is 6.04. The van der Waals surface area contributed by atoms with E-state index in [0.29, 0.717) is 22.5 Å². The lowest BCUT2D eigenvalue weighted by atomic mass is 10.2. The number of nitrogens with one attached hydrogen (secondary N) is 1. The summed E-state index contributed by atoms with van der Waals surface area (Å²) in [6.07, 6.45) is -0.435. The van der Waals surface area contributed by atoms with Crippen molar-refractivity contribution in [3.63, 3.8) is 0 Å². The predicted molar refractivity (Wildman–Crippen MR) is 129 cm³/mol. The van der Waals surface area contributed by atoms with Crippen molar-refractivity contribution in [2.45, 2.75) is 50.2 Å². The third-order valence-electron chi connectivity index (χ3n) is 4.99. The molecule has 0 radical (unpaired) electrons. The summed E-state index contributed by atoms with van der Waals surface area (Å²) in [6.45, 7) is 7.47. The molecule has 2 aromatic carbocycles. The Balaban J connectivity index is 1.74. The standard InChI is InChI=1S/C23H26FN5O5S/c1-13(2)28-21(14(3)34-18-8-6-7-17(12-18)33-5)26-27-23(28)35-15(4)22(30)25-16-9-10-19(24)20(11-16)29(31)32/h6-15H,1-5H3,(H,25,30). The van der Waals surface area contributed by atoms with Crippen molar-refractivity contribution in [1.82, 2.24) is 14.8 Å². The van der Waals surface area contributed by atoms with Crippen molar-refractivity contribution in [2.75, 3.05) is 12.4 Å². The summed E-state index contributed by atoms with van der Waals surface area (Å²) in [4.78, 5) is 22.8. The molecule has 0 fully saturated rings. The van der Waals surface area contributed by atoms with E-state index in [1.54, 1.807) is 20.1 Å². The molecule has 3 rings (SSSR count). The second-order valence-corrected chi connectivity index (χ2v) is 9.22. The number of benzene rings is 2. The molecular formula is C23H26FN5O5S. The van der Waals surface area contributed by atoms with E-state index in [1.165, 1.54) is 17.8 Å². The summed E-state index contributed by atoms with van der Waals surface area (Å²) < 4.78 is 26.7. The van der Waals surface area contributed by atoms with Crippen molar-refractivity contribution >= 4 is 29.0 Å². The Kier molecular flexibility index (Phi) is 8.28.